The predicted molar refractivity (Wildman–Crippen MR) is 64.5 cm³/mol. The summed E-state index contributed by atoms with van der Waals surface area (Å²) >= 11 is 0. The second-order valence-corrected chi connectivity index (χ2v) is 3.52. The molecule has 1 rings (SSSR count). The van der Waals surface area contributed by atoms with Crippen LogP contribution in [0, 0.1) is 0 Å². The Labute approximate surface area is 91.1 Å². The van der Waals surface area contributed by atoms with Gasteiger partial charge < -0.3 is 0 Å². The lowest BCUT2D eigenvalue weighted by Gasteiger charge is -2.07. The monoisotopic (exact) mass is 200 g/mol. The van der Waals surface area contributed by atoms with Crippen LogP contribution in [0.15, 0.2) is 48.6 Å². The molecule has 0 aliphatic carbocycles. The Hall–Kier alpha value is -1.63. The lowest BCUT2D eigenvalue weighted by atomic mass is 9.97. The molecule has 0 unspecified atom stereocenters. The summed E-state index contributed by atoms with van der Waals surface area (Å²) in [6.45, 7) is 7.26. The number of allylic oxidation sites excluding steroid dienone is 3. The molecule has 0 radical (unpaired) electrons. The Morgan fingerprint density at radius 3 is 2.33 bits per heavy atom. The molecule has 0 aromatic heterocycles. The van der Waals surface area contributed by atoms with Crippen molar-refractivity contribution in [1.29, 1.82) is 0 Å². The summed E-state index contributed by atoms with van der Waals surface area (Å²) in [7, 11) is 0. The Morgan fingerprint density at radius 2 is 1.87 bits per heavy atom. The van der Waals surface area contributed by atoms with Crippen LogP contribution < -0.4 is 0 Å². The van der Waals surface area contributed by atoms with E-state index in [1.165, 1.54) is 0 Å². The van der Waals surface area contributed by atoms with Gasteiger partial charge in [0.2, 0.25) is 0 Å². The van der Waals surface area contributed by atoms with Gasteiger partial charge in [-0.1, -0.05) is 36.4 Å². The molecule has 0 bridgehead atoms. The molecular formula is C14H16O. The number of ketones is 1. The summed E-state index contributed by atoms with van der Waals surface area (Å²) in [5, 5.41) is 0. The standard InChI is InChI=1S/C14H16O/c1-4-8-14(12(3)15)11(2)13-9-6-5-7-10-13/h4-7,9-10H,1,8H2,2-3H3. The molecule has 0 aliphatic heterocycles. The van der Waals surface area contributed by atoms with Crippen LogP contribution in [0.3, 0.4) is 0 Å². The third-order valence-electron chi connectivity index (χ3n) is 2.43. The Kier molecular flexibility index (Phi) is 4.04. The topological polar surface area (TPSA) is 17.1 Å². The van der Waals surface area contributed by atoms with Crippen LogP contribution in [-0.4, -0.2) is 5.78 Å². The fraction of sp³-hybridized carbons (Fsp3) is 0.214. The summed E-state index contributed by atoms with van der Waals surface area (Å²) in [6.07, 6.45) is 2.40. The van der Waals surface area contributed by atoms with Crippen molar-refractivity contribution in [3.8, 4) is 0 Å². The van der Waals surface area contributed by atoms with Gasteiger partial charge in [-0.3, -0.25) is 4.79 Å². The first-order valence-corrected chi connectivity index (χ1v) is 5.03. The van der Waals surface area contributed by atoms with Crippen LogP contribution in [0.2, 0.25) is 0 Å². The van der Waals surface area contributed by atoms with Crippen molar-refractivity contribution in [2.75, 3.05) is 0 Å². The highest BCUT2D eigenvalue weighted by molar-refractivity contribution is 6.00. The van der Waals surface area contributed by atoms with Crippen molar-refractivity contribution in [2.24, 2.45) is 0 Å². The number of carbonyl (C=O) groups excluding carboxylic acids is 1. The van der Waals surface area contributed by atoms with Gasteiger partial charge in [-0.15, -0.1) is 6.58 Å². The molecule has 1 aromatic rings. The molecule has 0 amide bonds. The van der Waals surface area contributed by atoms with E-state index < -0.39 is 0 Å². The molecule has 0 fully saturated rings. The smallest absolute Gasteiger partial charge is 0.156 e. The van der Waals surface area contributed by atoms with Gasteiger partial charge in [0.1, 0.15) is 0 Å². The molecule has 0 saturated heterocycles. The highest BCUT2D eigenvalue weighted by Gasteiger charge is 2.07. The van der Waals surface area contributed by atoms with E-state index in [1.807, 2.05) is 37.3 Å². The van der Waals surface area contributed by atoms with E-state index in [0.29, 0.717) is 6.42 Å². The summed E-state index contributed by atoms with van der Waals surface area (Å²) in [6, 6.07) is 9.95. The zero-order valence-corrected chi connectivity index (χ0v) is 9.29. The second-order valence-electron chi connectivity index (χ2n) is 3.52. The minimum absolute atomic E-state index is 0.122. The first kappa shape index (κ1) is 11.4. The first-order chi connectivity index (χ1) is 7.16. The summed E-state index contributed by atoms with van der Waals surface area (Å²) in [4.78, 5) is 11.4. The van der Waals surface area contributed by atoms with Crippen molar-refractivity contribution in [3.63, 3.8) is 0 Å². The van der Waals surface area contributed by atoms with E-state index in [0.717, 1.165) is 16.7 Å². The van der Waals surface area contributed by atoms with Crippen molar-refractivity contribution in [1.82, 2.24) is 0 Å². The average molecular weight is 200 g/mol. The van der Waals surface area contributed by atoms with Crippen LogP contribution in [-0.2, 0) is 4.79 Å². The van der Waals surface area contributed by atoms with Crippen LogP contribution >= 0.6 is 0 Å². The van der Waals surface area contributed by atoms with Gasteiger partial charge in [-0.25, -0.2) is 0 Å². The van der Waals surface area contributed by atoms with Crippen molar-refractivity contribution in [3.05, 3.63) is 54.1 Å². The Balaban J connectivity index is 3.16. The van der Waals surface area contributed by atoms with Crippen LogP contribution in [0.5, 0.6) is 0 Å². The number of carbonyl (C=O) groups is 1. The number of hydrogen-bond acceptors (Lipinski definition) is 1. The minimum Gasteiger partial charge on any atom is -0.295 e. The maximum atomic E-state index is 11.4. The maximum Gasteiger partial charge on any atom is 0.156 e. The fourth-order valence-electron chi connectivity index (χ4n) is 1.57. The SMILES string of the molecule is C=CCC(C(C)=O)=C(C)c1ccccc1. The summed E-state index contributed by atoms with van der Waals surface area (Å²) in [5.41, 5.74) is 2.99. The van der Waals surface area contributed by atoms with Crippen molar-refractivity contribution >= 4 is 11.4 Å². The molecule has 0 N–H and O–H groups in total. The molecule has 1 nitrogen and oxygen atoms in total. The summed E-state index contributed by atoms with van der Waals surface area (Å²) < 4.78 is 0. The number of benzene rings is 1. The Morgan fingerprint density at radius 1 is 1.27 bits per heavy atom. The first-order valence-electron chi connectivity index (χ1n) is 5.03. The van der Waals surface area contributed by atoms with Gasteiger partial charge in [0.15, 0.2) is 5.78 Å². The molecule has 0 atom stereocenters. The lowest BCUT2D eigenvalue weighted by Crippen LogP contribution is -1.98. The highest BCUT2D eigenvalue weighted by atomic mass is 16.1. The number of Topliss-reactive ketones (excluding diaryl/α,β-unsaturated/α-hetero) is 1. The van der Waals surface area contributed by atoms with E-state index in [2.05, 4.69) is 6.58 Å². The van der Waals surface area contributed by atoms with Gasteiger partial charge in [0.05, 0.1) is 0 Å². The van der Waals surface area contributed by atoms with E-state index in [1.54, 1.807) is 13.0 Å². The van der Waals surface area contributed by atoms with Crippen LogP contribution in [0.1, 0.15) is 25.8 Å². The third-order valence-corrected chi connectivity index (χ3v) is 2.43. The molecule has 0 spiro atoms. The third kappa shape index (κ3) is 2.91. The van der Waals surface area contributed by atoms with Crippen molar-refractivity contribution < 1.29 is 4.79 Å². The van der Waals surface area contributed by atoms with Gasteiger partial charge in [0, 0.05) is 5.57 Å². The van der Waals surface area contributed by atoms with Crippen LogP contribution in [0.4, 0.5) is 0 Å². The molecular weight excluding hydrogens is 184 g/mol. The minimum atomic E-state index is 0.122. The largest absolute Gasteiger partial charge is 0.295 e. The van der Waals surface area contributed by atoms with E-state index in [4.69, 9.17) is 0 Å². The van der Waals surface area contributed by atoms with Gasteiger partial charge in [-0.2, -0.15) is 0 Å². The zero-order valence-electron chi connectivity index (χ0n) is 9.29. The molecule has 0 aliphatic rings. The molecule has 0 saturated carbocycles. The zero-order chi connectivity index (χ0) is 11.3. The molecule has 1 aromatic carbocycles. The number of hydrogen-bond donors (Lipinski definition) is 0. The lowest BCUT2D eigenvalue weighted by molar-refractivity contribution is -0.113. The maximum absolute atomic E-state index is 11.4. The molecule has 0 heterocycles. The van der Waals surface area contributed by atoms with Gasteiger partial charge in [0.25, 0.3) is 0 Å². The molecule has 78 valence electrons. The van der Waals surface area contributed by atoms with Crippen LogP contribution in [0.25, 0.3) is 5.57 Å². The second kappa shape index (κ2) is 5.30. The molecule has 1 heteroatoms. The number of rotatable bonds is 4. The highest BCUT2D eigenvalue weighted by Crippen LogP contribution is 2.21. The van der Waals surface area contributed by atoms with E-state index in [-0.39, 0.29) is 5.78 Å². The molecule has 15 heavy (non-hydrogen) atoms. The summed E-state index contributed by atoms with van der Waals surface area (Å²) in [5.74, 6) is 0.122. The average Bonchev–Trinajstić information content (AvgIpc) is 2.26. The Bertz CT molecular complexity index is 385. The fourth-order valence-corrected chi connectivity index (χ4v) is 1.57. The predicted octanol–water partition coefficient (Wildman–Crippen LogP) is 3.63. The quantitative estimate of drug-likeness (QED) is 0.536. The van der Waals surface area contributed by atoms with Gasteiger partial charge >= 0.3 is 0 Å². The van der Waals surface area contributed by atoms with E-state index in [9.17, 15) is 4.79 Å². The normalized spacial score (nSPS) is 11.9. The van der Waals surface area contributed by atoms with Gasteiger partial charge in [-0.05, 0) is 31.4 Å². The van der Waals surface area contributed by atoms with E-state index >= 15 is 0 Å². The van der Waals surface area contributed by atoms with Crippen molar-refractivity contribution in [2.45, 2.75) is 20.3 Å².